The summed E-state index contributed by atoms with van der Waals surface area (Å²) in [6.45, 7) is 13.5. The van der Waals surface area contributed by atoms with Crippen LogP contribution in [0.3, 0.4) is 0 Å². The van der Waals surface area contributed by atoms with Gasteiger partial charge in [0.25, 0.3) is 0 Å². The molecule has 4 heteroatoms. The van der Waals surface area contributed by atoms with Crippen LogP contribution in [-0.4, -0.2) is 22.0 Å². The Bertz CT molecular complexity index is 732. The Morgan fingerprint density at radius 1 is 1.15 bits per heavy atom. The van der Waals surface area contributed by atoms with Crippen LogP contribution < -0.4 is 5.32 Å². The molecule has 2 aromatic rings. The molecule has 1 aromatic carbocycles. The number of hydrogen-bond donors (Lipinski definition) is 1. The number of carbonyl (C=O) groups is 1. The van der Waals surface area contributed by atoms with Crippen molar-refractivity contribution in [1.82, 2.24) is 9.47 Å². The van der Waals surface area contributed by atoms with Gasteiger partial charge in [0, 0.05) is 31.2 Å². The van der Waals surface area contributed by atoms with Gasteiger partial charge in [-0.15, -0.1) is 6.58 Å². The summed E-state index contributed by atoms with van der Waals surface area (Å²) in [7, 11) is 1.99. The van der Waals surface area contributed by atoms with Crippen LogP contribution in [0.25, 0.3) is 0 Å². The molecule has 0 atom stereocenters. The Labute approximate surface area is 157 Å². The van der Waals surface area contributed by atoms with Gasteiger partial charge in [0.2, 0.25) is 0 Å². The fourth-order valence-corrected chi connectivity index (χ4v) is 3.11. The molecule has 0 aliphatic rings. The third-order valence-electron chi connectivity index (χ3n) is 4.65. The molecule has 1 N–H and O–H groups in total. The van der Waals surface area contributed by atoms with Crippen molar-refractivity contribution in [2.24, 2.45) is 7.05 Å². The number of aryl methyl sites for hydroxylation is 1. The largest absolute Gasteiger partial charge is 0.353 e. The lowest BCUT2D eigenvalue weighted by atomic mass is 9.93. The number of amides is 2. The van der Waals surface area contributed by atoms with Gasteiger partial charge in [0.15, 0.2) is 0 Å². The van der Waals surface area contributed by atoms with E-state index in [9.17, 15) is 4.79 Å². The molecule has 0 spiro atoms. The van der Waals surface area contributed by atoms with Crippen LogP contribution in [0.15, 0.2) is 49.2 Å². The third-order valence-corrected chi connectivity index (χ3v) is 4.65. The zero-order valence-electron chi connectivity index (χ0n) is 16.6. The molecule has 4 nitrogen and oxygen atoms in total. The van der Waals surface area contributed by atoms with Crippen molar-refractivity contribution in [1.29, 1.82) is 0 Å². The molecule has 2 rings (SSSR count). The number of carbonyl (C=O) groups excluding carboxylic acids is 1. The molecule has 0 aliphatic carbocycles. The lowest BCUT2D eigenvalue weighted by molar-refractivity contribution is 0.214. The molecular formula is C22H31N3O. The Hall–Kier alpha value is -2.49. The predicted molar refractivity (Wildman–Crippen MR) is 110 cm³/mol. The van der Waals surface area contributed by atoms with Crippen molar-refractivity contribution < 1.29 is 4.79 Å². The maximum absolute atomic E-state index is 13.0. The minimum atomic E-state index is -0.0962. The molecule has 1 aromatic heterocycles. The second kappa shape index (κ2) is 8.75. The average molecular weight is 354 g/mol. The number of benzene rings is 1. The van der Waals surface area contributed by atoms with E-state index in [0.29, 0.717) is 24.9 Å². The normalized spacial score (nSPS) is 11.0. The number of nitrogens with one attached hydrogen (secondary N) is 1. The van der Waals surface area contributed by atoms with Crippen molar-refractivity contribution in [3.05, 3.63) is 66.0 Å². The topological polar surface area (TPSA) is 37.3 Å². The fourth-order valence-electron chi connectivity index (χ4n) is 3.11. The van der Waals surface area contributed by atoms with Crippen molar-refractivity contribution in [2.45, 2.75) is 46.1 Å². The van der Waals surface area contributed by atoms with Crippen LogP contribution >= 0.6 is 0 Å². The van der Waals surface area contributed by atoms with E-state index < -0.39 is 0 Å². The van der Waals surface area contributed by atoms with Crippen LogP contribution in [0.1, 0.15) is 56.4 Å². The van der Waals surface area contributed by atoms with E-state index in [1.165, 1.54) is 11.1 Å². The molecule has 0 aliphatic heterocycles. The monoisotopic (exact) mass is 353 g/mol. The summed E-state index contributed by atoms with van der Waals surface area (Å²) >= 11 is 0. The molecule has 26 heavy (non-hydrogen) atoms. The summed E-state index contributed by atoms with van der Waals surface area (Å²) in [4.78, 5) is 14.8. The first-order chi connectivity index (χ1) is 12.3. The highest BCUT2D eigenvalue weighted by Gasteiger charge is 2.19. The zero-order chi connectivity index (χ0) is 19.3. The fraction of sp³-hybridized carbons (Fsp3) is 0.409. The maximum atomic E-state index is 13.0. The molecule has 0 saturated carbocycles. The number of anilines is 1. The summed E-state index contributed by atoms with van der Waals surface area (Å²) in [6, 6.07) is 10.2. The Balaban J connectivity index is 2.31. The highest BCUT2D eigenvalue weighted by molar-refractivity contribution is 5.91. The van der Waals surface area contributed by atoms with Gasteiger partial charge in [-0.2, -0.15) is 0 Å². The minimum absolute atomic E-state index is 0.0962. The molecule has 1 heterocycles. The second-order valence-electron chi connectivity index (χ2n) is 7.33. The van der Waals surface area contributed by atoms with E-state index in [1.54, 1.807) is 11.0 Å². The second-order valence-corrected chi connectivity index (χ2v) is 7.33. The number of rotatable bonds is 7. The van der Waals surface area contributed by atoms with Crippen LogP contribution in [0, 0.1) is 0 Å². The maximum Gasteiger partial charge on any atom is 0.322 e. The predicted octanol–water partition coefficient (Wildman–Crippen LogP) is 5.49. The lowest BCUT2D eigenvalue weighted by Gasteiger charge is -2.25. The molecule has 2 amide bonds. The molecule has 0 bridgehead atoms. The number of nitrogens with zero attached hydrogens (tertiary/aromatic N) is 2. The average Bonchev–Trinajstić information content (AvgIpc) is 2.99. The Morgan fingerprint density at radius 2 is 1.77 bits per heavy atom. The standard InChI is InChI=1S/C22H31N3O/c1-7-13-25(15-18-10-9-14-24(18)6)22(26)23-21-19(16(2)3)11-8-12-20(21)17(4)5/h7-12,14,16-17H,1,13,15H2,2-6H3,(H,23,26). The van der Waals surface area contributed by atoms with Gasteiger partial charge in [-0.1, -0.05) is 52.0 Å². The molecule has 0 fully saturated rings. The summed E-state index contributed by atoms with van der Waals surface area (Å²) in [5, 5.41) is 3.19. The number of urea groups is 1. The first-order valence-electron chi connectivity index (χ1n) is 9.25. The Kier molecular flexibility index (Phi) is 6.67. The number of aromatic nitrogens is 1. The van der Waals surface area contributed by atoms with Crippen molar-refractivity contribution >= 4 is 11.7 Å². The van der Waals surface area contributed by atoms with E-state index in [0.717, 1.165) is 11.4 Å². The number of para-hydroxylation sites is 1. The van der Waals surface area contributed by atoms with Crippen molar-refractivity contribution in [3.63, 3.8) is 0 Å². The minimum Gasteiger partial charge on any atom is -0.353 e. The zero-order valence-corrected chi connectivity index (χ0v) is 16.6. The SMILES string of the molecule is C=CCN(Cc1cccn1C)C(=O)Nc1c(C(C)C)cccc1C(C)C. The highest BCUT2D eigenvalue weighted by atomic mass is 16.2. The van der Waals surface area contributed by atoms with E-state index in [1.807, 2.05) is 29.9 Å². The van der Waals surface area contributed by atoms with E-state index in [-0.39, 0.29) is 6.03 Å². The smallest absolute Gasteiger partial charge is 0.322 e. The Morgan fingerprint density at radius 3 is 2.23 bits per heavy atom. The molecule has 0 radical (unpaired) electrons. The van der Waals surface area contributed by atoms with Gasteiger partial charge in [-0.3, -0.25) is 0 Å². The summed E-state index contributed by atoms with van der Waals surface area (Å²) in [6.07, 6.45) is 3.75. The summed E-state index contributed by atoms with van der Waals surface area (Å²) in [5.74, 6) is 0.675. The summed E-state index contributed by atoms with van der Waals surface area (Å²) in [5.41, 5.74) is 4.37. The van der Waals surface area contributed by atoms with Crippen molar-refractivity contribution in [3.8, 4) is 0 Å². The molecule has 0 saturated heterocycles. The van der Waals surface area contributed by atoms with Gasteiger partial charge in [0.1, 0.15) is 0 Å². The number of hydrogen-bond acceptors (Lipinski definition) is 1. The quantitative estimate of drug-likeness (QED) is 0.656. The first-order valence-corrected chi connectivity index (χ1v) is 9.25. The van der Waals surface area contributed by atoms with Crippen LogP contribution in [-0.2, 0) is 13.6 Å². The third kappa shape index (κ3) is 4.57. The van der Waals surface area contributed by atoms with Gasteiger partial charge in [-0.05, 0) is 35.1 Å². The molecule has 140 valence electrons. The first kappa shape index (κ1) is 19.8. The van der Waals surface area contributed by atoms with Crippen LogP contribution in [0.4, 0.5) is 10.5 Å². The summed E-state index contributed by atoms with van der Waals surface area (Å²) < 4.78 is 2.03. The molecule has 0 unspecified atom stereocenters. The van der Waals surface area contributed by atoms with Gasteiger partial charge < -0.3 is 14.8 Å². The lowest BCUT2D eigenvalue weighted by Crippen LogP contribution is -2.35. The molecular weight excluding hydrogens is 322 g/mol. The van der Waals surface area contributed by atoms with E-state index in [4.69, 9.17) is 0 Å². The van der Waals surface area contributed by atoms with E-state index >= 15 is 0 Å². The van der Waals surface area contributed by atoms with Gasteiger partial charge in [0.05, 0.1) is 6.54 Å². The van der Waals surface area contributed by atoms with E-state index in [2.05, 4.69) is 57.8 Å². The van der Waals surface area contributed by atoms with Gasteiger partial charge in [-0.25, -0.2) is 4.79 Å². The van der Waals surface area contributed by atoms with Gasteiger partial charge >= 0.3 is 6.03 Å². The van der Waals surface area contributed by atoms with Crippen molar-refractivity contribution in [2.75, 3.05) is 11.9 Å². The van der Waals surface area contributed by atoms with Crippen LogP contribution in [0.5, 0.6) is 0 Å². The van der Waals surface area contributed by atoms with Crippen LogP contribution in [0.2, 0.25) is 0 Å². The highest BCUT2D eigenvalue weighted by Crippen LogP contribution is 2.32.